The molecule has 0 aliphatic heterocycles. The minimum Gasteiger partial charge on any atom is -0.497 e. The van der Waals surface area contributed by atoms with Crippen molar-refractivity contribution in [1.29, 1.82) is 0 Å². The number of esters is 1. The first kappa shape index (κ1) is 12.2. The second-order valence-electron chi connectivity index (χ2n) is 3.76. The van der Waals surface area contributed by atoms with Crippen molar-refractivity contribution in [1.82, 2.24) is 9.78 Å². The third-order valence-corrected chi connectivity index (χ3v) is 2.66. The Hall–Kier alpha value is -2.30. The van der Waals surface area contributed by atoms with E-state index in [9.17, 15) is 4.79 Å². The Morgan fingerprint density at radius 3 is 2.44 bits per heavy atom. The highest BCUT2D eigenvalue weighted by Gasteiger charge is 2.13. The van der Waals surface area contributed by atoms with Gasteiger partial charge in [0.1, 0.15) is 5.75 Å². The van der Waals surface area contributed by atoms with Crippen LogP contribution in [0.15, 0.2) is 30.3 Å². The SMILES string of the molecule is COC(=O)c1cc(-c2ccc(OC)cc2)n(C)n1. The Morgan fingerprint density at radius 2 is 1.89 bits per heavy atom. The molecular formula is C13H14N2O3. The molecule has 0 spiro atoms. The fraction of sp³-hybridized carbons (Fsp3) is 0.231. The van der Waals surface area contributed by atoms with E-state index >= 15 is 0 Å². The van der Waals surface area contributed by atoms with Gasteiger partial charge in [-0.2, -0.15) is 5.10 Å². The Labute approximate surface area is 105 Å². The maximum Gasteiger partial charge on any atom is 0.358 e. The largest absolute Gasteiger partial charge is 0.497 e. The van der Waals surface area contributed by atoms with Gasteiger partial charge < -0.3 is 9.47 Å². The zero-order valence-corrected chi connectivity index (χ0v) is 10.5. The molecule has 0 saturated carbocycles. The van der Waals surface area contributed by atoms with Gasteiger partial charge in [0.15, 0.2) is 5.69 Å². The Balaban J connectivity index is 2.37. The van der Waals surface area contributed by atoms with Gasteiger partial charge >= 0.3 is 5.97 Å². The quantitative estimate of drug-likeness (QED) is 0.776. The Bertz CT molecular complexity index is 558. The summed E-state index contributed by atoms with van der Waals surface area (Å²) in [5.41, 5.74) is 2.10. The number of rotatable bonds is 3. The molecular weight excluding hydrogens is 232 g/mol. The molecule has 0 aliphatic rings. The molecule has 0 fully saturated rings. The van der Waals surface area contributed by atoms with Crippen molar-refractivity contribution < 1.29 is 14.3 Å². The van der Waals surface area contributed by atoms with Crippen LogP contribution < -0.4 is 4.74 Å². The van der Waals surface area contributed by atoms with Crippen molar-refractivity contribution in [3.63, 3.8) is 0 Å². The van der Waals surface area contributed by atoms with E-state index in [0.717, 1.165) is 17.0 Å². The van der Waals surface area contributed by atoms with Crippen molar-refractivity contribution in [2.75, 3.05) is 14.2 Å². The van der Waals surface area contributed by atoms with E-state index in [1.165, 1.54) is 7.11 Å². The average Bonchev–Trinajstić information content (AvgIpc) is 2.80. The minimum absolute atomic E-state index is 0.297. The summed E-state index contributed by atoms with van der Waals surface area (Å²) in [4.78, 5) is 11.4. The van der Waals surface area contributed by atoms with Crippen LogP contribution in [0.3, 0.4) is 0 Å². The van der Waals surface area contributed by atoms with Gasteiger partial charge in [0.25, 0.3) is 0 Å². The minimum atomic E-state index is -0.439. The molecule has 5 nitrogen and oxygen atoms in total. The monoisotopic (exact) mass is 246 g/mol. The van der Waals surface area contributed by atoms with Crippen LogP contribution in [0.4, 0.5) is 0 Å². The summed E-state index contributed by atoms with van der Waals surface area (Å²) in [5.74, 6) is 0.347. The average molecular weight is 246 g/mol. The number of benzene rings is 1. The third-order valence-electron chi connectivity index (χ3n) is 2.66. The number of carbonyl (C=O) groups is 1. The van der Waals surface area contributed by atoms with Gasteiger partial charge in [0.05, 0.1) is 19.9 Å². The molecule has 94 valence electrons. The lowest BCUT2D eigenvalue weighted by molar-refractivity contribution is 0.0593. The van der Waals surface area contributed by atoms with E-state index in [2.05, 4.69) is 9.84 Å². The summed E-state index contributed by atoms with van der Waals surface area (Å²) in [6.45, 7) is 0. The normalized spacial score (nSPS) is 10.2. The molecule has 2 aromatic rings. The van der Waals surface area contributed by atoms with Crippen LogP contribution >= 0.6 is 0 Å². The number of carbonyl (C=O) groups excluding carboxylic acids is 1. The summed E-state index contributed by atoms with van der Waals surface area (Å²) < 4.78 is 11.4. The first-order valence-corrected chi connectivity index (χ1v) is 5.42. The maximum absolute atomic E-state index is 11.4. The fourth-order valence-electron chi connectivity index (χ4n) is 1.70. The van der Waals surface area contributed by atoms with Crippen LogP contribution in [0, 0.1) is 0 Å². The van der Waals surface area contributed by atoms with Crippen LogP contribution in [0.2, 0.25) is 0 Å². The summed E-state index contributed by atoms with van der Waals surface area (Å²) in [6.07, 6.45) is 0. The number of hydrogen-bond acceptors (Lipinski definition) is 4. The lowest BCUT2D eigenvalue weighted by Gasteiger charge is -2.03. The molecule has 2 rings (SSSR count). The molecule has 1 aromatic carbocycles. The predicted molar refractivity (Wildman–Crippen MR) is 66.5 cm³/mol. The van der Waals surface area contributed by atoms with Crippen LogP contribution in [0.5, 0.6) is 5.75 Å². The molecule has 1 heterocycles. The zero-order chi connectivity index (χ0) is 13.1. The molecule has 0 N–H and O–H groups in total. The van der Waals surface area contributed by atoms with Crippen molar-refractivity contribution in [3.05, 3.63) is 36.0 Å². The number of hydrogen-bond donors (Lipinski definition) is 0. The predicted octanol–water partition coefficient (Wildman–Crippen LogP) is 1.88. The highest BCUT2D eigenvalue weighted by Crippen LogP contribution is 2.22. The number of nitrogens with zero attached hydrogens (tertiary/aromatic N) is 2. The lowest BCUT2D eigenvalue weighted by Crippen LogP contribution is -2.02. The van der Waals surface area contributed by atoms with Gasteiger partial charge in [-0.3, -0.25) is 4.68 Å². The molecule has 0 unspecified atom stereocenters. The summed E-state index contributed by atoms with van der Waals surface area (Å²) in [5, 5.41) is 4.11. The van der Waals surface area contributed by atoms with Crippen molar-refractivity contribution in [3.8, 4) is 17.0 Å². The summed E-state index contributed by atoms with van der Waals surface area (Å²) in [7, 11) is 4.74. The van der Waals surface area contributed by atoms with E-state index < -0.39 is 5.97 Å². The van der Waals surface area contributed by atoms with Crippen LogP contribution in [0.25, 0.3) is 11.3 Å². The topological polar surface area (TPSA) is 53.4 Å². The van der Waals surface area contributed by atoms with Crippen LogP contribution in [-0.2, 0) is 11.8 Å². The standard InChI is InChI=1S/C13H14N2O3/c1-15-12(8-11(14-15)13(16)18-3)9-4-6-10(17-2)7-5-9/h4-8H,1-3H3. The summed E-state index contributed by atoms with van der Waals surface area (Å²) in [6, 6.07) is 9.25. The van der Waals surface area contributed by atoms with Gasteiger partial charge in [-0.25, -0.2) is 4.79 Å². The van der Waals surface area contributed by atoms with Gasteiger partial charge in [0.2, 0.25) is 0 Å². The molecule has 1 aromatic heterocycles. The lowest BCUT2D eigenvalue weighted by atomic mass is 10.1. The fourth-order valence-corrected chi connectivity index (χ4v) is 1.70. The van der Waals surface area contributed by atoms with Crippen molar-refractivity contribution in [2.45, 2.75) is 0 Å². The molecule has 0 amide bonds. The Morgan fingerprint density at radius 1 is 1.22 bits per heavy atom. The van der Waals surface area contributed by atoms with E-state index in [1.54, 1.807) is 24.9 Å². The van der Waals surface area contributed by atoms with Crippen molar-refractivity contribution >= 4 is 5.97 Å². The van der Waals surface area contributed by atoms with E-state index in [-0.39, 0.29) is 0 Å². The maximum atomic E-state index is 11.4. The van der Waals surface area contributed by atoms with Gasteiger partial charge in [0, 0.05) is 12.6 Å². The number of ether oxygens (including phenoxy) is 2. The van der Waals surface area contributed by atoms with Gasteiger partial charge in [-0.15, -0.1) is 0 Å². The van der Waals surface area contributed by atoms with Gasteiger partial charge in [-0.1, -0.05) is 0 Å². The Kier molecular flexibility index (Phi) is 3.32. The second-order valence-corrected chi connectivity index (χ2v) is 3.76. The van der Waals surface area contributed by atoms with Crippen LogP contribution in [0.1, 0.15) is 10.5 Å². The van der Waals surface area contributed by atoms with Crippen molar-refractivity contribution in [2.24, 2.45) is 7.05 Å². The molecule has 0 saturated heterocycles. The first-order valence-electron chi connectivity index (χ1n) is 5.42. The highest BCUT2D eigenvalue weighted by atomic mass is 16.5. The smallest absolute Gasteiger partial charge is 0.358 e. The zero-order valence-electron chi connectivity index (χ0n) is 10.5. The number of aromatic nitrogens is 2. The molecule has 0 atom stereocenters. The first-order chi connectivity index (χ1) is 8.65. The van der Waals surface area contributed by atoms with E-state index in [0.29, 0.717) is 5.69 Å². The van der Waals surface area contributed by atoms with Crippen LogP contribution in [-0.4, -0.2) is 30.0 Å². The second kappa shape index (κ2) is 4.91. The number of methoxy groups -OCH3 is 2. The molecule has 0 bridgehead atoms. The highest BCUT2D eigenvalue weighted by molar-refractivity contribution is 5.88. The van der Waals surface area contributed by atoms with Gasteiger partial charge in [-0.05, 0) is 30.3 Å². The molecule has 5 heteroatoms. The third kappa shape index (κ3) is 2.20. The molecule has 0 radical (unpaired) electrons. The van der Waals surface area contributed by atoms with E-state index in [1.807, 2.05) is 24.3 Å². The van der Waals surface area contributed by atoms with E-state index in [4.69, 9.17) is 4.74 Å². The summed E-state index contributed by atoms with van der Waals surface area (Å²) >= 11 is 0. The molecule has 0 aliphatic carbocycles. The molecule has 18 heavy (non-hydrogen) atoms. The number of aryl methyl sites for hydroxylation is 1.